The number of rotatable bonds is 4. The highest BCUT2D eigenvalue weighted by atomic mass is 16.3. The first-order chi connectivity index (χ1) is 9.65. The molecule has 2 unspecified atom stereocenters. The molecule has 1 aromatic carbocycles. The Balaban J connectivity index is 2.11. The van der Waals surface area contributed by atoms with Crippen LogP contribution in [-0.2, 0) is 0 Å². The van der Waals surface area contributed by atoms with Crippen LogP contribution in [0.2, 0.25) is 0 Å². The number of nitrogen functional groups attached to an aromatic ring is 1. The first-order valence-corrected chi connectivity index (χ1v) is 7.14. The zero-order chi connectivity index (χ0) is 14.5. The third kappa shape index (κ3) is 3.22. The minimum Gasteiger partial charge on any atom is -0.397 e. The van der Waals surface area contributed by atoms with Gasteiger partial charge in [0.1, 0.15) is 0 Å². The van der Waals surface area contributed by atoms with E-state index in [9.17, 15) is 9.90 Å². The number of nitrogens with two attached hydrogens (primary N) is 1. The molecule has 110 valence electrons. The number of amides is 1. The second kappa shape index (κ2) is 6.61. The maximum Gasteiger partial charge on any atom is 0.251 e. The Morgan fingerprint density at radius 2 is 2.15 bits per heavy atom. The molecular weight excluding hydrogens is 254 g/mol. The van der Waals surface area contributed by atoms with E-state index in [-0.39, 0.29) is 24.5 Å². The summed E-state index contributed by atoms with van der Waals surface area (Å²) in [5.74, 6) is 0.135. The fourth-order valence-corrected chi connectivity index (χ4v) is 2.80. The number of aliphatic hydroxyl groups excluding tert-OH is 1. The SMILES string of the molecule is CNC(=O)c1ccc(NC2CCCCC2CO)c(N)c1. The molecule has 0 heterocycles. The Hall–Kier alpha value is -1.75. The van der Waals surface area contributed by atoms with Gasteiger partial charge in [-0.05, 0) is 31.0 Å². The standard InChI is InChI=1S/C15H23N3O2/c1-17-15(20)10-6-7-14(12(16)8-10)18-13-5-3-2-4-11(13)9-19/h6-8,11,13,18-19H,2-5,9,16H2,1H3,(H,17,20). The molecule has 20 heavy (non-hydrogen) atoms. The number of benzene rings is 1. The van der Waals surface area contributed by atoms with Crippen molar-refractivity contribution in [3.05, 3.63) is 23.8 Å². The number of carbonyl (C=O) groups is 1. The second-order valence-electron chi connectivity index (χ2n) is 5.36. The Kier molecular flexibility index (Phi) is 4.84. The molecule has 5 N–H and O–H groups in total. The lowest BCUT2D eigenvalue weighted by Gasteiger charge is -2.32. The van der Waals surface area contributed by atoms with Crippen LogP contribution in [0, 0.1) is 5.92 Å². The summed E-state index contributed by atoms with van der Waals surface area (Å²) in [7, 11) is 1.60. The van der Waals surface area contributed by atoms with E-state index in [0.717, 1.165) is 18.5 Å². The van der Waals surface area contributed by atoms with Gasteiger partial charge in [-0.2, -0.15) is 0 Å². The van der Waals surface area contributed by atoms with E-state index in [1.165, 1.54) is 12.8 Å². The summed E-state index contributed by atoms with van der Waals surface area (Å²) < 4.78 is 0. The summed E-state index contributed by atoms with van der Waals surface area (Å²) in [6.07, 6.45) is 4.44. The normalized spacial score (nSPS) is 22.3. The van der Waals surface area contributed by atoms with Crippen LogP contribution in [0.15, 0.2) is 18.2 Å². The number of carbonyl (C=O) groups excluding carboxylic acids is 1. The molecule has 0 radical (unpaired) electrons. The third-order valence-electron chi connectivity index (χ3n) is 4.03. The predicted octanol–water partition coefficient (Wildman–Crippen LogP) is 1.59. The van der Waals surface area contributed by atoms with E-state index in [1.807, 2.05) is 6.07 Å². The molecule has 5 heteroatoms. The van der Waals surface area contributed by atoms with Crippen LogP contribution in [0.3, 0.4) is 0 Å². The van der Waals surface area contributed by atoms with Crippen LogP contribution < -0.4 is 16.4 Å². The first kappa shape index (κ1) is 14.7. The highest BCUT2D eigenvalue weighted by molar-refractivity contribution is 5.95. The van der Waals surface area contributed by atoms with Crippen molar-refractivity contribution < 1.29 is 9.90 Å². The lowest BCUT2D eigenvalue weighted by molar-refractivity contribution is 0.0963. The smallest absolute Gasteiger partial charge is 0.251 e. The van der Waals surface area contributed by atoms with Crippen LogP contribution in [0.4, 0.5) is 11.4 Å². The molecule has 1 amide bonds. The summed E-state index contributed by atoms with van der Waals surface area (Å²) >= 11 is 0. The molecule has 0 saturated heterocycles. The minimum absolute atomic E-state index is 0.144. The zero-order valence-corrected chi connectivity index (χ0v) is 11.9. The second-order valence-corrected chi connectivity index (χ2v) is 5.36. The van der Waals surface area contributed by atoms with E-state index in [0.29, 0.717) is 11.3 Å². The Morgan fingerprint density at radius 3 is 2.80 bits per heavy atom. The van der Waals surface area contributed by atoms with Crippen molar-refractivity contribution in [1.29, 1.82) is 0 Å². The van der Waals surface area contributed by atoms with Crippen LogP contribution in [-0.4, -0.2) is 30.7 Å². The van der Waals surface area contributed by atoms with Gasteiger partial charge in [0, 0.05) is 31.2 Å². The highest BCUT2D eigenvalue weighted by Gasteiger charge is 2.24. The number of aliphatic hydroxyl groups is 1. The van der Waals surface area contributed by atoms with Crippen molar-refractivity contribution in [3.63, 3.8) is 0 Å². The Bertz CT molecular complexity index is 476. The summed E-state index contributed by atoms with van der Waals surface area (Å²) in [4.78, 5) is 11.5. The van der Waals surface area contributed by atoms with Gasteiger partial charge >= 0.3 is 0 Å². The maximum atomic E-state index is 11.5. The molecule has 1 aliphatic carbocycles. The Labute approximate surface area is 119 Å². The van der Waals surface area contributed by atoms with Gasteiger partial charge in [-0.3, -0.25) is 4.79 Å². The fraction of sp³-hybridized carbons (Fsp3) is 0.533. The molecule has 0 aliphatic heterocycles. The van der Waals surface area contributed by atoms with Crippen molar-refractivity contribution >= 4 is 17.3 Å². The molecule has 2 atom stereocenters. The third-order valence-corrected chi connectivity index (χ3v) is 4.03. The van der Waals surface area contributed by atoms with Crippen molar-refractivity contribution in [1.82, 2.24) is 5.32 Å². The van der Waals surface area contributed by atoms with Gasteiger partial charge in [0.15, 0.2) is 0 Å². The monoisotopic (exact) mass is 277 g/mol. The summed E-state index contributed by atoms with van der Waals surface area (Å²) in [6, 6.07) is 5.52. The van der Waals surface area contributed by atoms with Crippen LogP contribution in [0.25, 0.3) is 0 Å². The van der Waals surface area contributed by atoms with E-state index in [4.69, 9.17) is 5.73 Å². The molecule has 1 fully saturated rings. The van der Waals surface area contributed by atoms with Gasteiger partial charge in [0.2, 0.25) is 0 Å². The number of hydrogen-bond donors (Lipinski definition) is 4. The van der Waals surface area contributed by atoms with Gasteiger partial charge < -0.3 is 21.5 Å². The first-order valence-electron chi connectivity index (χ1n) is 7.14. The topological polar surface area (TPSA) is 87.4 Å². The molecule has 5 nitrogen and oxygen atoms in total. The van der Waals surface area contributed by atoms with Crippen molar-refractivity contribution in [2.24, 2.45) is 5.92 Å². The lowest BCUT2D eigenvalue weighted by Crippen LogP contribution is -2.34. The molecule has 0 spiro atoms. The molecule has 2 rings (SSSR count). The number of anilines is 2. The van der Waals surface area contributed by atoms with E-state index < -0.39 is 0 Å². The maximum absolute atomic E-state index is 11.5. The van der Waals surface area contributed by atoms with E-state index in [2.05, 4.69) is 10.6 Å². The van der Waals surface area contributed by atoms with Crippen molar-refractivity contribution in [2.75, 3.05) is 24.7 Å². The van der Waals surface area contributed by atoms with E-state index >= 15 is 0 Å². The molecule has 1 aromatic rings. The molecule has 1 saturated carbocycles. The number of nitrogens with one attached hydrogen (secondary N) is 2. The highest BCUT2D eigenvalue weighted by Crippen LogP contribution is 2.29. The van der Waals surface area contributed by atoms with Crippen LogP contribution in [0.5, 0.6) is 0 Å². The van der Waals surface area contributed by atoms with Gasteiger partial charge in [-0.1, -0.05) is 12.8 Å². The predicted molar refractivity (Wildman–Crippen MR) is 80.7 cm³/mol. The van der Waals surface area contributed by atoms with Gasteiger partial charge in [0.25, 0.3) is 5.91 Å². The fourth-order valence-electron chi connectivity index (χ4n) is 2.80. The number of hydrogen-bond acceptors (Lipinski definition) is 4. The molecule has 0 bridgehead atoms. The zero-order valence-electron chi connectivity index (χ0n) is 11.9. The quantitative estimate of drug-likeness (QED) is 0.629. The molecule has 1 aliphatic rings. The van der Waals surface area contributed by atoms with Gasteiger partial charge in [-0.15, -0.1) is 0 Å². The average Bonchev–Trinajstić information content (AvgIpc) is 2.49. The van der Waals surface area contributed by atoms with Crippen LogP contribution in [0.1, 0.15) is 36.0 Å². The summed E-state index contributed by atoms with van der Waals surface area (Å²) in [5, 5.41) is 15.4. The Morgan fingerprint density at radius 1 is 1.40 bits per heavy atom. The van der Waals surface area contributed by atoms with Crippen molar-refractivity contribution in [2.45, 2.75) is 31.7 Å². The van der Waals surface area contributed by atoms with Crippen LogP contribution >= 0.6 is 0 Å². The van der Waals surface area contributed by atoms with E-state index in [1.54, 1.807) is 19.2 Å². The lowest BCUT2D eigenvalue weighted by atomic mass is 9.85. The van der Waals surface area contributed by atoms with Gasteiger partial charge in [-0.25, -0.2) is 0 Å². The summed E-state index contributed by atoms with van der Waals surface area (Å²) in [5.41, 5.74) is 7.97. The average molecular weight is 277 g/mol. The molecular formula is C15H23N3O2. The summed E-state index contributed by atoms with van der Waals surface area (Å²) in [6.45, 7) is 0.202. The van der Waals surface area contributed by atoms with Crippen molar-refractivity contribution in [3.8, 4) is 0 Å². The molecule has 0 aromatic heterocycles. The van der Waals surface area contributed by atoms with Gasteiger partial charge in [0.05, 0.1) is 11.4 Å². The largest absolute Gasteiger partial charge is 0.397 e. The minimum atomic E-state index is -0.144.